The number of nitrogens with zero attached hydrogens (tertiary/aromatic N) is 2. The fourth-order valence-corrected chi connectivity index (χ4v) is 2.12. The average Bonchev–Trinajstić information content (AvgIpc) is 2.72. The first-order chi connectivity index (χ1) is 6.77. The van der Waals surface area contributed by atoms with Crippen molar-refractivity contribution < 1.29 is 4.74 Å². The van der Waals surface area contributed by atoms with E-state index in [-0.39, 0.29) is 0 Å². The standard InChI is InChI=1S/C11H12N2O/c1-7-12-9-3-4-10-8(5-6-14-10)11(9)13(7)2/h3-4H,5-6H2,1-2H3. The summed E-state index contributed by atoms with van der Waals surface area (Å²) in [5.74, 6) is 2.08. The van der Waals surface area contributed by atoms with Crippen LogP contribution in [0.5, 0.6) is 5.75 Å². The second kappa shape index (κ2) is 2.50. The molecule has 3 heteroatoms. The van der Waals surface area contributed by atoms with Gasteiger partial charge in [-0.2, -0.15) is 0 Å². The molecule has 72 valence electrons. The monoisotopic (exact) mass is 188 g/mol. The van der Waals surface area contributed by atoms with Crippen LogP contribution in [0, 0.1) is 6.92 Å². The van der Waals surface area contributed by atoms with Crippen LogP contribution < -0.4 is 4.74 Å². The fraction of sp³-hybridized carbons (Fsp3) is 0.364. The Labute approximate surface area is 82.3 Å². The van der Waals surface area contributed by atoms with Crippen molar-refractivity contribution in [3.8, 4) is 5.75 Å². The van der Waals surface area contributed by atoms with Crippen molar-refractivity contribution >= 4 is 11.0 Å². The molecule has 0 unspecified atom stereocenters. The first-order valence-electron chi connectivity index (χ1n) is 4.85. The van der Waals surface area contributed by atoms with Crippen LogP contribution >= 0.6 is 0 Å². The maximum atomic E-state index is 5.53. The normalized spacial score (nSPS) is 14.4. The van der Waals surface area contributed by atoms with Crippen LogP contribution in [0.4, 0.5) is 0 Å². The number of ether oxygens (including phenoxy) is 1. The third-order valence-corrected chi connectivity index (χ3v) is 2.93. The third kappa shape index (κ3) is 0.842. The van der Waals surface area contributed by atoms with Gasteiger partial charge < -0.3 is 9.30 Å². The zero-order chi connectivity index (χ0) is 9.71. The van der Waals surface area contributed by atoms with Crippen LogP contribution in [0.2, 0.25) is 0 Å². The van der Waals surface area contributed by atoms with Crippen LogP contribution in [0.3, 0.4) is 0 Å². The second-order valence-electron chi connectivity index (χ2n) is 3.73. The second-order valence-corrected chi connectivity index (χ2v) is 3.73. The van der Waals surface area contributed by atoms with Crippen LogP contribution in [-0.4, -0.2) is 16.2 Å². The summed E-state index contributed by atoms with van der Waals surface area (Å²) in [4.78, 5) is 4.50. The summed E-state index contributed by atoms with van der Waals surface area (Å²) in [6.45, 7) is 2.83. The minimum absolute atomic E-state index is 0.804. The van der Waals surface area contributed by atoms with Gasteiger partial charge in [0.2, 0.25) is 0 Å². The molecule has 3 rings (SSSR count). The van der Waals surface area contributed by atoms with Gasteiger partial charge in [-0.05, 0) is 19.1 Å². The maximum absolute atomic E-state index is 5.53. The van der Waals surface area contributed by atoms with Crippen molar-refractivity contribution in [2.24, 2.45) is 7.05 Å². The molecule has 0 saturated carbocycles. The van der Waals surface area contributed by atoms with Gasteiger partial charge in [0, 0.05) is 19.0 Å². The molecule has 0 spiro atoms. The molecule has 1 aromatic heterocycles. The predicted octanol–water partition coefficient (Wildman–Crippen LogP) is 1.82. The van der Waals surface area contributed by atoms with Gasteiger partial charge in [-0.3, -0.25) is 0 Å². The summed E-state index contributed by atoms with van der Waals surface area (Å²) in [5.41, 5.74) is 3.62. The van der Waals surface area contributed by atoms with Crippen LogP contribution in [-0.2, 0) is 13.5 Å². The van der Waals surface area contributed by atoms with Gasteiger partial charge in [0.15, 0.2) is 0 Å². The molecular formula is C11H12N2O. The van der Waals surface area contributed by atoms with Crippen molar-refractivity contribution in [3.05, 3.63) is 23.5 Å². The lowest BCUT2D eigenvalue weighted by Gasteiger charge is -2.01. The van der Waals surface area contributed by atoms with Crippen LogP contribution in [0.1, 0.15) is 11.4 Å². The molecule has 14 heavy (non-hydrogen) atoms. The van der Waals surface area contributed by atoms with Crippen molar-refractivity contribution in [3.63, 3.8) is 0 Å². The van der Waals surface area contributed by atoms with Crippen molar-refractivity contribution in [2.45, 2.75) is 13.3 Å². The quantitative estimate of drug-likeness (QED) is 0.630. The molecule has 0 fully saturated rings. The number of hydrogen-bond acceptors (Lipinski definition) is 2. The number of fused-ring (bicyclic) bond motifs is 3. The number of aryl methyl sites for hydroxylation is 2. The number of aromatic nitrogens is 2. The summed E-state index contributed by atoms with van der Waals surface area (Å²) in [7, 11) is 2.06. The number of imidazole rings is 1. The van der Waals surface area contributed by atoms with Gasteiger partial charge in [0.25, 0.3) is 0 Å². The summed E-state index contributed by atoms with van der Waals surface area (Å²) in [6, 6.07) is 4.06. The zero-order valence-electron chi connectivity index (χ0n) is 8.37. The van der Waals surface area contributed by atoms with Gasteiger partial charge in [-0.25, -0.2) is 4.98 Å². The minimum atomic E-state index is 0.804. The van der Waals surface area contributed by atoms with Gasteiger partial charge >= 0.3 is 0 Å². The highest BCUT2D eigenvalue weighted by atomic mass is 16.5. The number of rotatable bonds is 0. The molecule has 0 radical (unpaired) electrons. The van der Waals surface area contributed by atoms with E-state index in [9.17, 15) is 0 Å². The summed E-state index contributed by atoms with van der Waals surface area (Å²) < 4.78 is 7.67. The molecule has 0 N–H and O–H groups in total. The number of benzene rings is 1. The molecule has 2 aromatic rings. The topological polar surface area (TPSA) is 27.1 Å². The molecular weight excluding hydrogens is 176 g/mol. The van der Waals surface area contributed by atoms with Crippen LogP contribution in [0.15, 0.2) is 12.1 Å². The highest BCUT2D eigenvalue weighted by molar-refractivity contribution is 5.82. The van der Waals surface area contributed by atoms with E-state index in [2.05, 4.69) is 16.6 Å². The molecule has 3 nitrogen and oxygen atoms in total. The fourth-order valence-electron chi connectivity index (χ4n) is 2.12. The van der Waals surface area contributed by atoms with Crippen molar-refractivity contribution in [1.82, 2.24) is 9.55 Å². The van der Waals surface area contributed by atoms with Crippen LogP contribution in [0.25, 0.3) is 11.0 Å². The van der Waals surface area contributed by atoms with Gasteiger partial charge in [-0.1, -0.05) is 0 Å². The summed E-state index contributed by atoms with van der Waals surface area (Å²) >= 11 is 0. The molecule has 1 aliphatic rings. The van der Waals surface area contributed by atoms with Gasteiger partial charge in [0.1, 0.15) is 11.6 Å². The molecule has 0 amide bonds. The van der Waals surface area contributed by atoms with Gasteiger partial charge in [-0.15, -0.1) is 0 Å². The minimum Gasteiger partial charge on any atom is -0.493 e. The highest BCUT2D eigenvalue weighted by Crippen LogP contribution is 2.32. The van der Waals surface area contributed by atoms with E-state index in [4.69, 9.17) is 4.74 Å². The van der Waals surface area contributed by atoms with E-state index >= 15 is 0 Å². The highest BCUT2D eigenvalue weighted by Gasteiger charge is 2.18. The van der Waals surface area contributed by atoms with Gasteiger partial charge in [0.05, 0.1) is 17.6 Å². The molecule has 1 aliphatic heterocycles. The Balaban J connectivity index is 2.47. The zero-order valence-corrected chi connectivity index (χ0v) is 8.37. The van der Waals surface area contributed by atoms with E-state index < -0.39 is 0 Å². The summed E-state index contributed by atoms with van der Waals surface area (Å²) in [6.07, 6.45) is 1.01. The lowest BCUT2D eigenvalue weighted by Crippen LogP contribution is -1.93. The van der Waals surface area contributed by atoms with E-state index in [1.165, 1.54) is 11.1 Å². The Morgan fingerprint density at radius 2 is 2.29 bits per heavy atom. The molecule has 1 aromatic carbocycles. The lowest BCUT2D eigenvalue weighted by molar-refractivity contribution is 0.357. The van der Waals surface area contributed by atoms with E-state index in [0.717, 1.165) is 30.1 Å². The van der Waals surface area contributed by atoms with E-state index in [1.54, 1.807) is 0 Å². The van der Waals surface area contributed by atoms with E-state index in [0.29, 0.717) is 0 Å². The maximum Gasteiger partial charge on any atom is 0.124 e. The van der Waals surface area contributed by atoms with E-state index in [1.807, 2.05) is 19.1 Å². The Morgan fingerprint density at radius 1 is 1.43 bits per heavy atom. The Morgan fingerprint density at radius 3 is 3.14 bits per heavy atom. The average molecular weight is 188 g/mol. The largest absolute Gasteiger partial charge is 0.493 e. The predicted molar refractivity (Wildman–Crippen MR) is 54.7 cm³/mol. The molecule has 0 saturated heterocycles. The first-order valence-corrected chi connectivity index (χ1v) is 4.85. The SMILES string of the molecule is Cc1nc2ccc3c(c2n1C)CCO3. The Hall–Kier alpha value is -1.51. The first kappa shape index (κ1) is 7.85. The van der Waals surface area contributed by atoms with Crippen molar-refractivity contribution in [1.29, 1.82) is 0 Å². The number of hydrogen-bond donors (Lipinski definition) is 0. The Kier molecular flexibility index (Phi) is 1.40. The molecule has 0 aliphatic carbocycles. The summed E-state index contributed by atoms with van der Waals surface area (Å²) in [5, 5.41) is 0. The van der Waals surface area contributed by atoms with Crippen molar-refractivity contribution in [2.75, 3.05) is 6.61 Å². The smallest absolute Gasteiger partial charge is 0.124 e. The molecule has 2 heterocycles. The molecule has 0 bridgehead atoms. The Bertz CT molecular complexity index is 513. The molecule has 0 atom stereocenters. The third-order valence-electron chi connectivity index (χ3n) is 2.93. The lowest BCUT2D eigenvalue weighted by atomic mass is 10.1.